The Morgan fingerprint density at radius 1 is 1.21 bits per heavy atom. The third-order valence-electron chi connectivity index (χ3n) is 3.47. The number of carbonyl (C=O) groups excluding carboxylic acids is 1. The largest absolute Gasteiger partial charge is 0.489 e. The summed E-state index contributed by atoms with van der Waals surface area (Å²) in [6.07, 6.45) is 3.25. The molecule has 124 valence electrons. The minimum atomic E-state index is -0.315. The lowest BCUT2D eigenvalue weighted by atomic mass is 10.0. The Labute approximate surface area is 142 Å². The molecule has 0 spiro atoms. The molecule has 2 aromatic rings. The van der Waals surface area contributed by atoms with Gasteiger partial charge in [-0.2, -0.15) is 5.10 Å². The molecule has 0 unspecified atom stereocenters. The van der Waals surface area contributed by atoms with E-state index in [0.717, 1.165) is 5.56 Å². The fourth-order valence-corrected chi connectivity index (χ4v) is 2.12. The Morgan fingerprint density at radius 3 is 2.58 bits per heavy atom. The van der Waals surface area contributed by atoms with Crippen LogP contribution in [0.2, 0.25) is 0 Å². The standard InChI is InChI=1S/C20H22N2O2/c1-4-13-24-19-8-6-5-7-18(19)20(23)22-21-14-16-9-11-17(12-10-16)15(2)3/h4-12,14-15H,1,13H2,2-3H3,(H,22,23)/b21-14+. The number of rotatable bonds is 7. The van der Waals surface area contributed by atoms with Crippen LogP contribution in [0.25, 0.3) is 0 Å². The summed E-state index contributed by atoms with van der Waals surface area (Å²) in [4.78, 5) is 12.2. The van der Waals surface area contributed by atoms with E-state index in [0.29, 0.717) is 23.8 Å². The molecule has 0 fully saturated rings. The van der Waals surface area contributed by atoms with E-state index in [-0.39, 0.29) is 5.91 Å². The maximum atomic E-state index is 12.2. The second kappa shape index (κ2) is 8.67. The van der Waals surface area contributed by atoms with Crippen LogP contribution in [-0.2, 0) is 0 Å². The van der Waals surface area contributed by atoms with Crippen LogP contribution in [0.3, 0.4) is 0 Å². The SMILES string of the molecule is C=CCOc1ccccc1C(=O)N/N=C/c1ccc(C(C)C)cc1. The van der Waals surface area contributed by atoms with Crippen LogP contribution in [0.1, 0.15) is 41.3 Å². The van der Waals surface area contributed by atoms with Crippen molar-refractivity contribution in [3.63, 3.8) is 0 Å². The van der Waals surface area contributed by atoms with Gasteiger partial charge in [0.1, 0.15) is 12.4 Å². The summed E-state index contributed by atoms with van der Waals surface area (Å²) in [5.41, 5.74) is 5.16. The number of nitrogens with zero attached hydrogens (tertiary/aromatic N) is 1. The normalized spacial score (nSPS) is 10.8. The number of carbonyl (C=O) groups is 1. The molecule has 0 saturated carbocycles. The summed E-state index contributed by atoms with van der Waals surface area (Å²) in [7, 11) is 0. The zero-order chi connectivity index (χ0) is 17.4. The van der Waals surface area contributed by atoms with Gasteiger partial charge in [-0.25, -0.2) is 5.43 Å². The van der Waals surface area contributed by atoms with Crippen LogP contribution >= 0.6 is 0 Å². The van der Waals surface area contributed by atoms with Gasteiger partial charge in [-0.1, -0.05) is 62.9 Å². The average Bonchev–Trinajstić information content (AvgIpc) is 2.60. The molecule has 1 amide bonds. The highest BCUT2D eigenvalue weighted by Gasteiger charge is 2.10. The van der Waals surface area contributed by atoms with Gasteiger partial charge in [-0.05, 0) is 29.2 Å². The van der Waals surface area contributed by atoms with E-state index in [1.54, 1.807) is 30.5 Å². The molecule has 0 bridgehead atoms. The predicted octanol–water partition coefficient (Wildman–Crippen LogP) is 4.14. The molecule has 0 radical (unpaired) electrons. The number of hydrogen-bond acceptors (Lipinski definition) is 3. The van der Waals surface area contributed by atoms with Crippen molar-refractivity contribution in [3.05, 3.63) is 77.9 Å². The van der Waals surface area contributed by atoms with E-state index in [2.05, 4.69) is 43.1 Å². The summed E-state index contributed by atoms with van der Waals surface area (Å²) >= 11 is 0. The average molecular weight is 322 g/mol. The van der Waals surface area contributed by atoms with Crippen molar-refractivity contribution in [1.29, 1.82) is 0 Å². The number of hydrazone groups is 1. The number of amides is 1. The smallest absolute Gasteiger partial charge is 0.275 e. The van der Waals surface area contributed by atoms with Crippen LogP contribution in [-0.4, -0.2) is 18.7 Å². The van der Waals surface area contributed by atoms with Gasteiger partial charge in [0.2, 0.25) is 0 Å². The molecule has 24 heavy (non-hydrogen) atoms. The molecule has 4 nitrogen and oxygen atoms in total. The lowest BCUT2D eigenvalue weighted by molar-refractivity contribution is 0.0951. The first-order valence-corrected chi connectivity index (χ1v) is 7.88. The molecule has 1 N–H and O–H groups in total. The molecule has 0 atom stereocenters. The van der Waals surface area contributed by atoms with Gasteiger partial charge in [-0.15, -0.1) is 0 Å². The van der Waals surface area contributed by atoms with E-state index in [9.17, 15) is 4.79 Å². The van der Waals surface area contributed by atoms with Gasteiger partial charge < -0.3 is 4.74 Å². The quantitative estimate of drug-likeness (QED) is 0.473. The first kappa shape index (κ1) is 17.5. The fraction of sp³-hybridized carbons (Fsp3) is 0.200. The Morgan fingerprint density at radius 2 is 1.92 bits per heavy atom. The van der Waals surface area contributed by atoms with Gasteiger partial charge in [0, 0.05) is 0 Å². The van der Waals surface area contributed by atoms with E-state index in [4.69, 9.17) is 4.74 Å². The first-order chi connectivity index (χ1) is 11.6. The van der Waals surface area contributed by atoms with Crippen LogP contribution in [0, 0.1) is 0 Å². The predicted molar refractivity (Wildman–Crippen MR) is 97.7 cm³/mol. The monoisotopic (exact) mass is 322 g/mol. The molecule has 0 saturated heterocycles. The van der Waals surface area contributed by atoms with Crippen LogP contribution in [0.4, 0.5) is 0 Å². The zero-order valence-corrected chi connectivity index (χ0v) is 14.0. The van der Waals surface area contributed by atoms with Crippen LogP contribution < -0.4 is 10.2 Å². The molecule has 0 aliphatic rings. The summed E-state index contributed by atoms with van der Waals surface area (Å²) in [6.45, 7) is 8.24. The van der Waals surface area contributed by atoms with E-state index in [1.807, 2.05) is 18.2 Å². The molecular formula is C20H22N2O2. The van der Waals surface area contributed by atoms with Crippen molar-refractivity contribution in [2.45, 2.75) is 19.8 Å². The summed E-state index contributed by atoms with van der Waals surface area (Å²) in [5.74, 6) is 0.679. The number of nitrogens with one attached hydrogen (secondary N) is 1. The van der Waals surface area contributed by atoms with E-state index < -0.39 is 0 Å². The zero-order valence-electron chi connectivity index (χ0n) is 14.0. The highest BCUT2D eigenvalue weighted by molar-refractivity contribution is 5.97. The molecule has 2 rings (SSSR count). The van der Waals surface area contributed by atoms with E-state index >= 15 is 0 Å². The third kappa shape index (κ3) is 4.81. The molecule has 0 aliphatic carbocycles. The van der Waals surface area contributed by atoms with E-state index in [1.165, 1.54) is 5.56 Å². The van der Waals surface area contributed by atoms with Gasteiger partial charge >= 0.3 is 0 Å². The minimum absolute atomic E-state index is 0.315. The van der Waals surface area contributed by atoms with Crippen molar-refractivity contribution in [1.82, 2.24) is 5.43 Å². The third-order valence-corrected chi connectivity index (χ3v) is 3.47. The Hall–Kier alpha value is -2.88. The van der Waals surface area contributed by atoms with Crippen molar-refractivity contribution < 1.29 is 9.53 Å². The summed E-state index contributed by atoms with van der Waals surface area (Å²) < 4.78 is 5.48. The summed E-state index contributed by atoms with van der Waals surface area (Å²) in [6, 6.07) is 15.1. The van der Waals surface area contributed by atoms with Crippen LogP contribution in [0.5, 0.6) is 5.75 Å². The minimum Gasteiger partial charge on any atom is -0.489 e. The van der Waals surface area contributed by atoms with Gasteiger partial charge in [-0.3, -0.25) is 4.79 Å². The van der Waals surface area contributed by atoms with Gasteiger partial charge in [0.15, 0.2) is 0 Å². The number of benzene rings is 2. The maximum Gasteiger partial charge on any atom is 0.275 e. The van der Waals surface area contributed by atoms with Crippen molar-refractivity contribution in [2.24, 2.45) is 5.10 Å². The molecular weight excluding hydrogens is 300 g/mol. The first-order valence-electron chi connectivity index (χ1n) is 7.88. The lowest BCUT2D eigenvalue weighted by Gasteiger charge is -2.08. The van der Waals surface area contributed by atoms with Crippen molar-refractivity contribution >= 4 is 12.1 Å². The van der Waals surface area contributed by atoms with Crippen LogP contribution in [0.15, 0.2) is 66.3 Å². The molecule has 0 heterocycles. The molecule has 4 heteroatoms. The fourth-order valence-electron chi connectivity index (χ4n) is 2.12. The number of ether oxygens (including phenoxy) is 1. The van der Waals surface area contributed by atoms with Gasteiger partial charge in [0.05, 0.1) is 11.8 Å². The van der Waals surface area contributed by atoms with Crippen molar-refractivity contribution in [3.8, 4) is 5.75 Å². The highest BCUT2D eigenvalue weighted by atomic mass is 16.5. The molecule has 0 aromatic heterocycles. The lowest BCUT2D eigenvalue weighted by Crippen LogP contribution is -2.18. The topological polar surface area (TPSA) is 50.7 Å². The number of hydrogen-bond donors (Lipinski definition) is 1. The highest BCUT2D eigenvalue weighted by Crippen LogP contribution is 2.18. The maximum absolute atomic E-state index is 12.2. The molecule has 0 aliphatic heterocycles. The van der Waals surface area contributed by atoms with Crippen molar-refractivity contribution in [2.75, 3.05) is 6.61 Å². The Balaban J connectivity index is 2.01. The summed E-state index contributed by atoms with van der Waals surface area (Å²) in [5, 5.41) is 4.01. The second-order valence-corrected chi connectivity index (χ2v) is 5.62. The van der Waals surface area contributed by atoms with Gasteiger partial charge in [0.25, 0.3) is 5.91 Å². The Kier molecular flexibility index (Phi) is 6.32. The second-order valence-electron chi connectivity index (χ2n) is 5.62. The molecule has 2 aromatic carbocycles. The Bertz CT molecular complexity index is 719. The number of para-hydroxylation sites is 1.